The van der Waals surface area contributed by atoms with E-state index in [0.717, 1.165) is 48.9 Å². The van der Waals surface area contributed by atoms with Crippen LogP contribution in [0.1, 0.15) is 132 Å². The summed E-state index contributed by atoms with van der Waals surface area (Å²) >= 11 is 0. The average Bonchev–Trinajstić information content (AvgIpc) is 3.12. The molecular weight excluding hydrogens is 416 g/mol. The molecule has 0 spiro atoms. The Kier molecular flexibility index (Phi) is 7.67. The van der Waals surface area contributed by atoms with E-state index in [2.05, 4.69) is 54.5 Å². The lowest BCUT2D eigenvalue weighted by atomic mass is 9.41. The normalized spacial score (nSPS) is 42.4. The largest absolute Gasteiger partial charge is 0.462 e. The standard InChI is InChI=1S/C32H54O2/c1-8-10-29(33)34-25-16-19-30(5)24(21-25)15-18-32(7)27-14-13-26(23(4)12-9-11-22(2)3)31(27,6)20-17-28(30)32/h15,22-23,25-28H,8-14,16-21H2,1-7H3/t23-,25+,26-,27-,28-,30+,31-,32+/m1/s1. The number of hydrogen-bond acceptors (Lipinski definition) is 2. The van der Waals surface area contributed by atoms with Gasteiger partial charge in [0.05, 0.1) is 0 Å². The first kappa shape index (κ1) is 26.3. The van der Waals surface area contributed by atoms with Crippen molar-refractivity contribution in [3.05, 3.63) is 11.6 Å². The van der Waals surface area contributed by atoms with E-state index in [-0.39, 0.29) is 12.1 Å². The summed E-state index contributed by atoms with van der Waals surface area (Å²) in [5.74, 6) is 4.28. The van der Waals surface area contributed by atoms with E-state index in [1.165, 1.54) is 57.8 Å². The molecule has 0 radical (unpaired) electrons. The topological polar surface area (TPSA) is 26.3 Å². The smallest absolute Gasteiger partial charge is 0.306 e. The van der Waals surface area contributed by atoms with E-state index in [9.17, 15) is 4.79 Å². The van der Waals surface area contributed by atoms with Crippen molar-refractivity contribution in [2.75, 3.05) is 0 Å². The van der Waals surface area contributed by atoms with Crippen LogP contribution in [-0.4, -0.2) is 12.1 Å². The summed E-state index contributed by atoms with van der Waals surface area (Å²) in [7, 11) is 0. The fourth-order valence-corrected chi connectivity index (χ4v) is 9.86. The Morgan fingerprint density at radius 3 is 2.47 bits per heavy atom. The van der Waals surface area contributed by atoms with Gasteiger partial charge in [-0.15, -0.1) is 0 Å². The molecule has 0 aromatic rings. The van der Waals surface area contributed by atoms with Gasteiger partial charge < -0.3 is 4.74 Å². The van der Waals surface area contributed by atoms with Crippen LogP contribution in [0.4, 0.5) is 0 Å². The minimum atomic E-state index is 0.00490. The average molecular weight is 471 g/mol. The highest BCUT2D eigenvalue weighted by Crippen LogP contribution is 2.72. The molecule has 0 heterocycles. The van der Waals surface area contributed by atoms with Crippen molar-refractivity contribution in [3.63, 3.8) is 0 Å². The molecule has 4 rings (SSSR count). The van der Waals surface area contributed by atoms with E-state index >= 15 is 0 Å². The number of esters is 1. The van der Waals surface area contributed by atoms with Gasteiger partial charge in [0.15, 0.2) is 0 Å². The monoisotopic (exact) mass is 470 g/mol. The van der Waals surface area contributed by atoms with Crippen LogP contribution in [0.2, 0.25) is 0 Å². The molecule has 0 amide bonds. The molecule has 194 valence electrons. The molecule has 8 atom stereocenters. The van der Waals surface area contributed by atoms with Crippen molar-refractivity contribution in [1.29, 1.82) is 0 Å². The Morgan fingerprint density at radius 1 is 1.00 bits per heavy atom. The number of fused-ring (bicyclic) bond motifs is 5. The van der Waals surface area contributed by atoms with E-state index in [0.29, 0.717) is 22.7 Å². The third-order valence-corrected chi connectivity index (χ3v) is 11.6. The van der Waals surface area contributed by atoms with Crippen molar-refractivity contribution in [1.82, 2.24) is 0 Å². The van der Waals surface area contributed by atoms with E-state index in [1.807, 2.05) is 0 Å². The maximum atomic E-state index is 12.1. The van der Waals surface area contributed by atoms with E-state index in [1.54, 1.807) is 5.57 Å². The number of allylic oxidation sites excluding steroid dienone is 1. The number of rotatable bonds is 8. The Bertz CT molecular complexity index is 767. The molecular formula is C32H54O2. The van der Waals surface area contributed by atoms with E-state index in [4.69, 9.17) is 4.74 Å². The molecule has 0 aromatic heterocycles. The van der Waals surface area contributed by atoms with Crippen LogP contribution in [-0.2, 0) is 9.53 Å². The fraction of sp³-hybridized carbons (Fsp3) is 0.906. The van der Waals surface area contributed by atoms with Crippen LogP contribution >= 0.6 is 0 Å². The van der Waals surface area contributed by atoms with Gasteiger partial charge in [0.25, 0.3) is 0 Å². The molecule has 0 saturated heterocycles. The Hall–Kier alpha value is -0.790. The highest BCUT2D eigenvalue weighted by atomic mass is 16.5. The van der Waals surface area contributed by atoms with Crippen molar-refractivity contribution in [2.45, 2.75) is 138 Å². The molecule has 3 fully saturated rings. The lowest BCUT2D eigenvalue weighted by Gasteiger charge is -2.63. The Morgan fingerprint density at radius 2 is 1.76 bits per heavy atom. The number of carbonyl (C=O) groups excluding carboxylic acids is 1. The van der Waals surface area contributed by atoms with Crippen molar-refractivity contribution >= 4 is 5.97 Å². The molecule has 0 N–H and O–H groups in total. The highest BCUT2D eigenvalue weighted by molar-refractivity contribution is 5.69. The van der Waals surface area contributed by atoms with Gasteiger partial charge in [-0.05, 0) is 97.2 Å². The maximum absolute atomic E-state index is 12.1. The highest BCUT2D eigenvalue weighted by Gasteiger charge is 2.64. The van der Waals surface area contributed by atoms with Crippen LogP contribution in [0.25, 0.3) is 0 Å². The van der Waals surface area contributed by atoms with Crippen LogP contribution in [0, 0.1) is 45.8 Å². The van der Waals surface area contributed by atoms with Crippen molar-refractivity contribution in [2.24, 2.45) is 45.8 Å². The van der Waals surface area contributed by atoms with Gasteiger partial charge in [-0.25, -0.2) is 0 Å². The first-order valence-electron chi connectivity index (χ1n) is 14.9. The Balaban J connectivity index is 1.49. The summed E-state index contributed by atoms with van der Waals surface area (Å²) in [5, 5.41) is 0. The first-order valence-corrected chi connectivity index (χ1v) is 14.9. The summed E-state index contributed by atoms with van der Waals surface area (Å²) in [6, 6.07) is 0. The molecule has 2 nitrogen and oxygen atoms in total. The number of carbonyl (C=O) groups is 1. The van der Waals surface area contributed by atoms with Gasteiger partial charge in [-0.2, -0.15) is 0 Å². The second kappa shape index (κ2) is 9.93. The summed E-state index contributed by atoms with van der Waals surface area (Å²) in [6.45, 7) is 17.3. The van der Waals surface area contributed by atoms with Crippen LogP contribution in [0.3, 0.4) is 0 Å². The molecule has 2 heteroatoms. The zero-order chi connectivity index (χ0) is 24.7. The van der Waals surface area contributed by atoms with Gasteiger partial charge in [0, 0.05) is 12.8 Å². The lowest BCUT2D eigenvalue weighted by Crippen LogP contribution is -2.56. The van der Waals surface area contributed by atoms with Gasteiger partial charge in [0.2, 0.25) is 0 Å². The number of hydrogen-bond donors (Lipinski definition) is 0. The van der Waals surface area contributed by atoms with Crippen LogP contribution in [0.5, 0.6) is 0 Å². The van der Waals surface area contributed by atoms with Crippen molar-refractivity contribution in [3.8, 4) is 0 Å². The molecule has 0 aliphatic heterocycles. The van der Waals surface area contributed by atoms with Gasteiger partial charge in [-0.1, -0.05) is 79.4 Å². The van der Waals surface area contributed by atoms with Crippen molar-refractivity contribution < 1.29 is 9.53 Å². The molecule has 0 aromatic carbocycles. The van der Waals surface area contributed by atoms with E-state index < -0.39 is 0 Å². The second-order valence-electron chi connectivity index (χ2n) is 14.1. The van der Waals surface area contributed by atoms with Crippen LogP contribution in [0.15, 0.2) is 11.6 Å². The summed E-state index contributed by atoms with van der Waals surface area (Å²) in [5.41, 5.74) is 2.89. The van der Waals surface area contributed by atoms with Gasteiger partial charge in [-0.3, -0.25) is 4.79 Å². The Labute approximate surface area is 211 Å². The van der Waals surface area contributed by atoms with Gasteiger partial charge in [0.1, 0.15) is 6.10 Å². The van der Waals surface area contributed by atoms with Crippen LogP contribution < -0.4 is 0 Å². The fourth-order valence-electron chi connectivity index (χ4n) is 9.86. The summed E-state index contributed by atoms with van der Waals surface area (Å²) in [6.07, 6.45) is 18.6. The minimum absolute atomic E-state index is 0.00490. The SMILES string of the molecule is CCCC(=O)O[C@H]1CC[C@@]2(C)C(=CC[C@@]3(C)[C@@H]4CC[C@H]([C@H](C)CCCC(C)C)[C@@]4(C)CC[C@@H]32)C1. The lowest BCUT2D eigenvalue weighted by molar-refractivity contribution is -0.153. The first-order chi connectivity index (χ1) is 16.0. The minimum Gasteiger partial charge on any atom is -0.462 e. The molecule has 0 unspecified atom stereocenters. The molecule has 3 saturated carbocycles. The predicted molar refractivity (Wildman–Crippen MR) is 142 cm³/mol. The third kappa shape index (κ3) is 4.54. The molecule has 4 aliphatic rings. The summed E-state index contributed by atoms with van der Waals surface area (Å²) in [4.78, 5) is 12.1. The molecule has 34 heavy (non-hydrogen) atoms. The zero-order valence-corrected chi connectivity index (χ0v) is 23.6. The predicted octanol–water partition coefficient (Wildman–Crippen LogP) is 9.13. The zero-order valence-electron chi connectivity index (χ0n) is 23.6. The quantitative estimate of drug-likeness (QED) is 0.261. The molecule has 0 bridgehead atoms. The van der Waals surface area contributed by atoms with Gasteiger partial charge >= 0.3 is 5.97 Å². The third-order valence-electron chi connectivity index (χ3n) is 11.6. The molecule has 4 aliphatic carbocycles. The summed E-state index contributed by atoms with van der Waals surface area (Å²) < 4.78 is 5.88. The second-order valence-corrected chi connectivity index (χ2v) is 14.1. The maximum Gasteiger partial charge on any atom is 0.306 e. The number of ether oxygens (including phenoxy) is 1.